The van der Waals surface area contributed by atoms with E-state index in [1.807, 2.05) is 25.1 Å². The molecule has 0 saturated carbocycles. The van der Waals surface area contributed by atoms with Gasteiger partial charge in [-0.3, -0.25) is 10.1 Å². The van der Waals surface area contributed by atoms with E-state index in [-0.39, 0.29) is 11.7 Å². The Balaban J connectivity index is 1.65. The predicted molar refractivity (Wildman–Crippen MR) is 113 cm³/mol. The molecule has 0 aliphatic carbocycles. The number of halogens is 1. The third-order valence-corrected chi connectivity index (χ3v) is 5.47. The van der Waals surface area contributed by atoms with Gasteiger partial charge in [0.2, 0.25) is 0 Å². The van der Waals surface area contributed by atoms with Gasteiger partial charge in [-0.2, -0.15) is 0 Å². The van der Waals surface area contributed by atoms with Gasteiger partial charge in [-0.25, -0.2) is 9.37 Å². The highest BCUT2D eigenvalue weighted by atomic mass is 32.1. The minimum absolute atomic E-state index is 0.313. The number of carbonyl (C=O) groups is 1. The second-order valence-corrected chi connectivity index (χ2v) is 7.75. The highest BCUT2D eigenvalue weighted by molar-refractivity contribution is 7.16. The Bertz CT molecular complexity index is 1210. The zero-order valence-corrected chi connectivity index (χ0v) is 17.3. The normalized spacial score (nSPS) is 10.8. The van der Waals surface area contributed by atoms with Crippen molar-refractivity contribution >= 4 is 22.4 Å². The van der Waals surface area contributed by atoms with Crippen molar-refractivity contribution in [2.45, 2.75) is 13.8 Å². The number of carbonyl (C=O) groups excluding carboxylic acids is 1. The number of aryl methyl sites for hydroxylation is 2. The first-order valence-electron chi connectivity index (χ1n) is 9.12. The fraction of sp³-hybridized carbons (Fsp3) is 0.136. The number of anilines is 1. The van der Waals surface area contributed by atoms with Gasteiger partial charge < -0.3 is 9.26 Å². The molecule has 0 spiro atoms. The number of hydrogen-bond acceptors (Lipinski definition) is 6. The summed E-state index contributed by atoms with van der Waals surface area (Å²) in [4.78, 5) is 18.5. The van der Waals surface area contributed by atoms with E-state index >= 15 is 0 Å². The number of benzene rings is 2. The summed E-state index contributed by atoms with van der Waals surface area (Å²) in [6.45, 7) is 3.58. The van der Waals surface area contributed by atoms with Crippen molar-refractivity contribution < 1.29 is 18.4 Å². The zero-order chi connectivity index (χ0) is 21.3. The van der Waals surface area contributed by atoms with Gasteiger partial charge in [0, 0.05) is 16.0 Å². The van der Waals surface area contributed by atoms with Gasteiger partial charge in [0.25, 0.3) is 5.91 Å². The molecule has 0 fully saturated rings. The summed E-state index contributed by atoms with van der Waals surface area (Å²) in [6, 6.07) is 13.4. The minimum Gasteiger partial charge on any atom is -0.496 e. The number of amides is 1. The van der Waals surface area contributed by atoms with E-state index in [2.05, 4.69) is 15.5 Å². The molecule has 2 aromatic heterocycles. The van der Waals surface area contributed by atoms with Crippen LogP contribution in [0.3, 0.4) is 0 Å². The molecule has 2 heterocycles. The van der Waals surface area contributed by atoms with E-state index in [0.717, 1.165) is 10.4 Å². The smallest absolute Gasteiger partial charge is 0.263 e. The van der Waals surface area contributed by atoms with Crippen LogP contribution in [0.4, 0.5) is 9.52 Å². The van der Waals surface area contributed by atoms with Crippen LogP contribution in [0, 0.1) is 19.7 Å². The number of hydrogen-bond donors (Lipinski definition) is 1. The zero-order valence-electron chi connectivity index (χ0n) is 16.5. The standard InChI is InChI=1S/C22H18FN3O3S/c1-12-18(20(26-29-12)16-6-4-5-7-17(16)28-3)21(27)25-22-24-19(13(2)30-22)14-8-10-15(23)11-9-14/h4-11H,1-3H3,(H,24,25,27). The van der Waals surface area contributed by atoms with Crippen LogP contribution >= 0.6 is 11.3 Å². The third kappa shape index (κ3) is 3.69. The number of rotatable bonds is 5. The maximum atomic E-state index is 13.2. The fourth-order valence-corrected chi connectivity index (χ4v) is 3.98. The molecular weight excluding hydrogens is 405 g/mol. The first kappa shape index (κ1) is 19.8. The van der Waals surface area contributed by atoms with Crippen LogP contribution in [-0.4, -0.2) is 23.2 Å². The van der Waals surface area contributed by atoms with Crippen molar-refractivity contribution in [3.63, 3.8) is 0 Å². The molecule has 6 nitrogen and oxygen atoms in total. The average molecular weight is 423 g/mol. The van der Waals surface area contributed by atoms with E-state index < -0.39 is 0 Å². The summed E-state index contributed by atoms with van der Waals surface area (Å²) in [5, 5.41) is 7.33. The van der Waals surface area contributed by atoms with Crippen LogP contribution < -0.4 is 10.1 Å². The van der Waals surface area contributed by atoms with Crippen LogP contribution in [0.15, 0.2) is 53.1 Å². The lowest BCUT2D eigenvalue weighted by molar-refractivity contribution is 0.102. The second-order valence-electron chi connectivity index (χ2n) is 6.55. The lowest BCUT2D eigenvalue weighted by Gasteiger charge is -2.07. The summed E-state index contributed by atoms with van der Waals surface area (Å²) in [5.41, 5.74) is 2.85. The predicted octanol–water partition coefficient (Wildman–Crippen LogP) is 5.48. The monoisotopic (exact) mass is 423 g/mol. The van der Waals surface area contributed by atoms with Crippen molar-refractivity contribution in [1.82, 2.24) is 10.1 Å². The Morgan fingerprint density at radius 1 is 1.10 bits per heavy atom. The lowest BCUT2D eigenvalue weighted by Crippen LogP contribution is -2.13. The number of ether oxygens (including phenoxy) is 1. The molecule has 4 rings (SSSR count). The van der Waals surface area contributed by atoms with Gasteiger partial charge in [-0.05, 0) is 50.2 Å². The molecule has 0 atom stereocenters. The minimum atomic E-state index is -0.380. The molecule has 152 valence electrons. The topological polar surface area (TPSA) is 77.2 Å². The largest absolute Gasteiger partial charge is 0.496 e. The van der Waals surface area contributed by atoms with Gasteiger partial charge in [-0.15, -0.1) is 11.3 Å². The van der Waals surface area contributed by atoms with Crippen LogP contribution in [0.1, 0.15) is 21.0 Å². The van der Waals surface area contributed by atoms with Crippen molar-refractivity contribution in [3.8, 4) is 28.3 Å². The van der Waals surface area contributed by atoms with Gasteiger partial charge in [-0.1, -0.05) is 17.3 Å². The van der Waals surface area contributed by atoms with Gasteiger partial charge in [0.05, 0.1) is 12.8 Å². The highest BCUT2D eigenvalue weighted by Crippen LogP contribution is 2.34. The molecule has 0 aliphatic rings. The molecule has 4 aromatic rings. The lowest BCUT2D eigenvalue weighted by atomic mass is 10.0. The molecule has 2 aromatic carbocycles. The van der Waals surface area contributed by atoms with Gasteiger partial charge >= 0.3 is 0 Å². The quantitative estimate of drug-likeness (QED) is 0.460. The van der Waals surface area contributed by atoms with Crippen molar-refractivity contribution in [1.29, 1.82) is 0 Å². The summed E-state index contributed by atoms with van der Waals surface area (Å²) in [6.07, 6.45) is 0. The number of thiazole rings is 1. The number of para-hydroxylation sites is 1. The molecule has 1 N–H and O–H groups in total. The van der Waals surface area contributed by atoms with Gasteiger partial charge in [0.1, 0.15) is 28.6 Å². The van der Waals surface area contributed by atoms with Crippen LogP contribution in [0.25, 0.3) is 22.5 Å². The SMILES string of the molecule is COc1ccccc1-c1noc(C)c1C(=O)Nc1nc(-c2ccc(F)cc2)c(C)s1. The van der Waals surface area contributed by atoms with Crippen molar-refractivity contribution in [2.24, 2.45) is 0 Å². The second kappa shape index (κ2) is 8.08. The number of nitrogens with zero attached hydrogens (tertiary/aromatic N) is 2. The summed E-state index contributed by atoms with van der Waals surface area (Å²) < 4.78 is 23.9. The molecule has 0 bridgehead atoms. The van der Waals surface area contributed by atoms with E-state index in [1.54, 1.807) is 32.2 Å². The fourth-order valence-electron chi connectivity index (χ4n) is 3.15. The van der Waals surface area contributed by atoms with E-state index in [1.165, 1.54) is 23.5 Å². The van der Waals surface area contributed by atoms with Crippen LogP contribution in [0.5, 0.6) is 5.75 Å². The molecular formula is C22H18FN3O3S. The summed E-state index contributed by atoms with van der Waals surface area (Å²) in [7, 11) is 1.56. The molecule has 30 heavy (non-hydrogen) atoms. The number of nitrogens with one attached hydrogen (secondary N) is 1. The van der Waals surface area contributed by atoms with Gasteiger partial charge in [0.15, 0.2) is 5.13 Å². The Morgan fingerprint density at radius 3 is 2.57 bits per heavy atom. The third-order valence-electron chi connectivity index (χ3n) is 4.59. The van der Waals surface area contributed by atoms with Crippen LogP contribution in [-0.2, 0) is 0 Å². The molecule has 0 radical (unpaired) electrons. The Hall–Kier alpha value is -3.52. The number of aromatic nitrogens is 2. The molecule has 0 unspecified atom stereocenters. The first-order valence-corrected chi connectivity index (χ1v) is 9.94. The highest BCUT2D eigenvalue weighted by Gasteiger charge is 2.24. The molecule has 0 saturated heterocycles. The Kier molecular flexibility index (Phi) is 5.33. The number of methoxy groups -OCH3 is 1. The maximum Gasteiger partial charge on any atom is 0.263 e. The van der Waals surface area contributed by atoms with Crippen molar-refractivity contribution in [3.05, 3.63) is 70.5 Å². The molecule has 8 heteroatoms. The molecule has 1 amide bonds. The van der Waals surface area contributed by atoms with Crippen molar-refractivity contribution in [2.75, 3.05) is 12.4 Å². The van der Waals surface area contributed by atoms with E-state index in [4.69, 9.17) is 9.26 Å². The Morgan fingerprint density at radius 2 is 1.83 bits per heavy atom. The molecule has 0 aliphatic heterocycles. The van der Waals surface area contributed by atoms with Crippen LogP contribution in [0.2, 0.25) is 0 Å². The van der Waals surface area contributed by atoms with E-state index in [0.29, 0.717) is 39.2 Å². The van der Waals surface area contributed by atoms with E-state index in [9.17, 15) is 9.18 Å². The summed E-state index contributed by atoms with van der Waals surface area (Å²) in [5.74, 6) is 0.282. The maximum absolute atomic E-state index is 13.2. The first-order chi connectivity index (χ1) is 14.5. The average Bonchev–Trinajstić information content (AvgIpc) is 3.30. The summed E-state index contributed by atoms with van der Waals surface area (Å²) >= 11 is 1.34. The Labute approximate surface area is 176 Å².